The minimum atomic E-state index is -0.228. The Labute approximate surface area is 146 Å². The van der Waals surface area contributed by atoms with E-state index >= 15 is 0 Å². The fourth-order valence-corrected chi connectivity index (χ4v) is 3.22. The highest BCUT2D eigenvalue weighted by atomic mass is 35.5. The molecule has 2 heterocycles. The van der Waals surface area contributed by atoms with E-state index in [1.807, 2.05) is 44.0 Å². The molecule has 0 spiro atoms. The molecule has 0 N–H and O–H groups in total. The van der Waals surface area contributed by atoms with E-state index in [9.17, 15) is 4.79 Å². The van der Waals surface area contributed by atoms with E-state index < -0.39 is 0 Å². The van der Waals surface area contributed by atoms with Crippen LogP contribution in [0.4, 0.5) is 5.69 Å². The highest BCUT2D eigenvalue weighted by molar-refractivity contribution is 6.33. The molecule has 2 aromatic rings. The number of nitrogens with zero attached hydrogens (tertiary/aromatic N) is 4. The quantitative estimate of drug-likeness (QED) is 0.830. The monoisotopic (exact) mass is 348 g/mol. The lowest BCUT2D eigenvalue weighted by atomic mass is 10.1. The van der Waals surface area contributed by atoms with Gasteiger partial charge in [-0.3, -0.25) is 9.69 Å². The van der Waals surface area contributed by atoms with Crippen LogP contribution in [0.2, 0.25) is 5.02 Å². The Hall–Kier alpha value is -1.92. The zero-order valence-electron chi connectivity index (χ0n) is 14.1. The van der Waals surface area contributed by atoms with Crippen molar-refractivity contribution in [3.05, 3.63) is 41.0 Å². The normalized spacial score (nSPS) is 19.3. The number of amides is 1. The Morgan fingerprint density at radius 2 is 2.21 bits per heavy atom. The molecule has 6 nitrogen and oxygen atoms in total. The van der Waals surface area contributed by atoms with Crippen LogP contribution in [0.25, 0.3) is 0 Å². The van der Waals surface area contributed by atoms with Crippen LogP contribution in [0.1, 0.15) is 38.0 Å². The summed E-state index contributed by atoms with van der Waals surface area (Å²) in [5.74, 6) is 1.27. The summed E-state index contributed by atoms with van der Waals surface area (Å²) in [7, 11) is 1.92. The summed E-state index contributed by atoms with van der Waals surface area (Å²) < 4.78 is 5.32. The van der Waals surface area contributed by atoms with E-state index in [1.54, 1.807) is 11.0 Å². The molecule has 1 aliphatic rings. The molecular formula is C17H21ClN4O2. The van der Waals surface area contributed by atoms with Crippen LogP contribution < -0.4 is 4.90 Å². The van der Waals surface area contributed by atoms with Gasteiger partial charge in [-0.2, -0.15) is 4.98 Å². The third kappa shape index (κ3) is 3.03. The van der Waals surface area contributed by atoms with Gasteiger partial charge in [0, 0.05) is 13.0 Å². The largest absolute Gasteiger partial charge is 0.338 e. The third-order valence-corrected chi connectivity index (χ3v) is 4.90. The highest BCUT2D eigenvalue weighted by Gasteiger charge is 2.38. The zero-order valence-corrected chi connectivity index (χ0v) is 14.8. The van der Waals surface area contributed by atoms with E-state index in [0.29, 0.717) is 23.3 Å². The van der Waals surface area contributed by atoms with Gasteiger partial charge in [0.2, 0.25) is 11.8 Å². The lowest BCUT2D eigenvalue weighted by molar-refractivity contribution is -0.122. The van der Waals surface area contributed by atoms with Crippen molar-refractivity contribution in [2.45, 2.75) is 38.8 Å². The summed E-state index contributed by atoms with van der Waals surface area (Å²) in [6.45, 7) is 4.59. The molecule has 7 heteroatoms. The molecule has 1 aromatic carbocycles. The minimum absolute atomic E-state index is 0.0488. The van der Waals surface area contributed by atoms with Crippen LogP contribution in [-0.2, 0) is 11.2 Å². The summed E-state index contributed by atoms with van der Waals surface area (Å²) in [6, 6.07) is 7.07. The zero-order chi connectivity index (χ0) is 17.3. The van der Waals surface area contributed by atoms with Gasteiger partial charge in [0.1, 0.15) is 0 Å². The van der Waals surface area contributed by atoms with Crippen LogP contribution in [0.15, 0.2) is 28.8 Å². The van der Waals surface area contributed by atoms with Gasteiger partial charge in [0.05, 0.1) is 22.8 Å². The van der Waals surface area contributed by atoms with Gasteiger partial charge in [-0.15, -0.1) is 0 Å². The van der Waals surface area contributed by atoms with Gasteiger partial charge >= 0.3 is 0 Å². The highest BCUT2D eigenvalue weighted by Crippen LogP contribution is 2.32. The van der Waals surface area contributed by atoms with Crippen LogP contribution in [-0.4, -0.2) is 40.6 Å². The van der Waals surface area contributed by atoms with Crippen molar-refractivity contribution < 1.29 is 9.32 Å². The van der Waals surface area contributed by atoms with E-state index in [4.69, 9.17) is 16.1 Å². The molecule has 24 heavy (non-hydrogen) atoms. The Bertz CT molecular complexity index is 733. The topological polar surface area (TPSA) is 62.5 Å². The summed E-state index contributed by atoms with van der Waals surface area (Å²) in [6.07, 6.45) is 1.46. The summed E-state index contributed by atoms with van der Waals surface area (Å²) in [5.41, 5.74) is 0.763. The van der Waals surface area contributed by atoms with Crippen molar-refractivity contribution in [3.63, 3.8) is 0 Å². The average Bonchev–Trinajstić information content (AvgIpc) is 3.21. The molecule has 0 saturated carbocycles. The first-order valence-corrected chi connectivity index (χ1v) is 8.51. The second kappa shape index (κ2) is 6.91. The number of aryl methyl sites for hydroxylation is 1. The average molecular weight is 349 g/mol. The molecule has 0 radical (unpaired) electrons. The predicted octanol–water partition coefficient (Wildman–Crippen LogP) is 3.08. The lowest BCUT2D eigenvalue weighted by Gasteiger charge is -2.27. The third-order valence-electron chi connectivity index (χ3n) is 4.58. The smallest absolute Gasteiger partial charge is 0.244 e. The fourth-order valence-electron chi connectivity index (χ4n) is 2.98. The molecule has 0 unspecified atom stereocenters. The number of benzene rings is 1. The summed E-state index contributed by atoms with van der Waals surface area (Å²) in [5, 5.41) is 4.52. The van der Waals surface area contributed by atoms with Gasteiger partial charge in [0.25, 0.3) is 0 Å². The SMILES string of the molecule is CCc1noc([C@@H](C)N(C)[C@H]2CCN(c3ccccc3Cl)C2=O)n1. The summed E-state index contributed by atoms with van der Waals surface area (Å²) in [4.78, 5) is 21.0. The predicted molar refractivity (Wildman–Crippen MR) is 92.1 cm³/mol. The van der Waals surface area contributed by atoms with Gasteiger partial charge in [-0.05, 0) is 32.5 Å². The maximum Gasteiger partial charge on any atom is 0.244 e. The Balaban J connectivity index is 1.76. The molecule has 128 valence electrons. The molecule has 1 aliphatic heterocycles. The van der Waals surface area contributed by atoms with Crippen LogP contribution in [0.3, 0.4) is 0 Å². The van der Waals surface area contributed by atoms with Gasteiger partial charge in [-0.1, -0.05) is 35.8 Å². The number of rotatable bonds is 5. The number of hydrogen-bond donors (Lipinski definition) is 0. The minimum Gasteiger partial charge on any atom is -0.338 e. The van der Waals surface area contributed by atoms with Crippen molar-refractivity contribution in [3.8, 4) is 0 Å². The molecule has 2 atom stereocenters. The van der Waals surface area contributed by atoms with Gasteiger partial charge in [0.15, 0.2) is 5.82 Å². The van der Waals surface area contributed by atoms with Crippen molar-refractivity contribution in [2.75, 3.05) is 18.5 Å². The number of carbonyl (C=O) groups excluding carboxylic acids is 1. The Morgan fingerprint density at radius 3 is 2.88 bits per heavy atom. The van der Waals surface area contributed by atoms with Gasteiger partial charge in [-0.25, -0.2) is 0 Å². The number of halogens is 1. The molecule has 1 amide bonds. The summed E-state index contributed by atoms with van der Waals surface area (Å²) >= 11 is 6.23. The van der Waals surface area contributed by atoms with E-state index in [2.05, 4.69) is 10.1 Å². The van der Waals surface area contributed by atoms with Crippen LogP contribution >= 0.6 is 11.6 Å². The number of para-hydroxylation sites is 1. The maximum absolute atomic E-state index is 12.9. The van der Waals surface area contributed by atoms with E-state index in [0.717, 1.165) is 18.5 Å². The van der Waals surface area contributed by atoms with Crippen molar-refractivity contribution in [2.24, 2.45) is 0 Å². The maximum atomic E-state index is 12.9. The number of likely N-dealkylation sites (N-methyl/N-ethyl adjacent to an activating group) is 1. The number of hydrogen-bond acceptors (Lipinski definition) is 5. The fraction of sp³-hybridized carbons (Fsp3) is 0.471. The molecule has 0 aliphatic carbocycles. The standard InChI is InChI=1S/C17H21ClN4O2/c1-4-15-19-16(24-20-15)11(2)21(3)14-9-10-22(17(14)23)13-8-6-5-7-12(13)18/h5-8,11,14H,4,9-10H2,1-3H3/t11-,14+/m1/s1. The molecule has 1 saturated heterocycles. The first kappa shape index (κ1) is 16.9. The number of aromatic nitrogens is 2. The van der Waals surface area contributed by atoms with Crippen molar-refractivity contribution >= 4 is 23.2 Å². The number of carbonyl (C=O) groups is 1. The molecule has 3 rings (SSSR count). The second-order valence-corrected chi connectivity index (χ2v) is 6.40. The number of anilines is 1. The Kier molecular flexibility index (Phi) is 4.87. The molecule has 1 fully saturated rings. The molecule has 0 bridgehead atoms. The first-order chi connectivity index (χ1) is 11.5. The molecular weight excluding hydrogens is 328 g/mol. The first-order valence-electron chi connectivity index (χ1n) is 8.13. The Morgan fingerprint density at radius 1 is 1.46 bits per heavy atom. The lowest BCUT2D eigenvalue weighted by Crippen LogP contribution is -2.41. The van der Waals surface area contributed by atoms with Crippen LogP contribution in [0.5, 0.6) is 0 Å². The van der Waals surface area contributed by atoms with E-state index in [-0.39, 0.29) is 18.0 Å². The second-order valence-electron chi connectivity index (χ2n) is 5.99. The van der Waals surface area contributed by atoms with Gasteiger partial charge < -0.3 is 9.42 Å². The molecule has 1 aromatic heterocycles. The van der Waals surface area contributed by atoms with Crippen molar-refractivity contribution in [1.82, 2.24) is 15.0 Å². The van der Waals surface area contributed by atoms with Crippen molar-refractivity contribution in [1.29, 1.82) is 0 Å². The van der Waals surface area contributed by atoms with Crippen LogP contribution in [0, 0.1) is 0 Å². The van der Waals surface area contributed by atoms with E-state index in [1.165, 1.54) is 0 Å².